The minimum absolute atomic E-state index is 0.0193. The number of hydrogen-bond acceptors (Lipinski definition) is 3. The molecule has 1 atom stereocenters. The van der Waals surface area contributed by atoms with Gasteiger partial charge in [-0.15, -0.1) is 4.48 Å². The molecule has 11 heavy (non-hydrogen) atoms. The zero-order chi connectivity index (χ0) is 8.85. The van der Waals surface area contributed by atoms with Crippen LogP contribution in [0.5, 0.6) is 0 Å². The van der Waals surface area contributed by atoms with Gasteiger partial charge in [-0.3, -0.25) is 9.59 Å². The molecule has 0 heterocycles. The number of nitrogens with two attached hydrogens (primary N) is 2. The van der Waals surface area contributed by atoms with E-state index < -0.39 is 17.9 Å². The molecule has 64 valence electrons. The molecule has 6 heteroatoms. The van der Waals surface area contributed by atoms with Gasteiger partial charge in [0, 0.05) is 6.42 Å². The summed E-state index contributed by atoms with van der Waals surface area (Å²) in [6.45, 7) is 0. The molecule has 0 aliphatic rings. The normalized spacial score (nSPS) is 12.2. The van der Waals surface area contributed by atoms with Crippen LogP contribution < -0.4 is 17.0 Å². The van der Waals surface area contributed by atoms with Crippen molar-refractivity contribution in [3.63, 3.8) is 0 Å². The predicted octanol–water partition coefficient (Wildman–Crippen LogP) is -1.42. The topological polar surface area (TPSA) is 98.2 Å². The second-order valence-corrected chi connectivity index (χ2v) is 2.07. The fourth-order valence-corrected chi connectivity index (χ4v) is 0.499. The smallest absolute Gasteiger partial charge is 0.264 e. The fraction of sp³-hybridized carbons (Fsp3) is 0.600. The number of carbonyl (C=O) groups is 2. The third kappa shape index (κ3) is 4.26. The molecule has 0 aliphatic carbocycles. The van der Waals surface area contributed by atoms with E-state index in [1.807, 2.05) is 0 Å². The van der Waals surface area contributed by atoms with E-state index in [4.69, 9.17) is 11.5 Å². The highest BCUT2D eigenvalue weighted by Crippen LogP contribution is 1.93. The van der Waals surface area contributed by atoms with Crippen LogP contribution in [0.3, 0.4) is 0 Å². The summed E-state index contributed by atoms with van der Waals surface area (Å²) in [5.74, 6) is -1.50. The maximum absolute atomic E-state index is 11.4. The molecule has 0 fully saturated rings. The number of nitrogens with one attached hydrogen (secondary N) is 1. The lowest BCUT2D eigenvalue weighted by Crippen LogP contribution is -2.37. The number of amides is 2. The van der Waals surface area contributed by atoms with Gasteiger partial charge in [-0.1, -0.05) is 0 Å². The molecule has 0 saturated heterocycles. The standard InChI is InChI=1S/C5H10FN3O2/c6-9-5(11)3(7)1-2-4(8)10/h3H,1-2,7H2,(H2,8,10)(H,9,11). The van der Waals surface area contributed by atoms with E-state index in [0.29, 0.717) is 0 Å². The lowest BCUT2D eigenvalue weighted by atomic mass is 10.1. The Labute approximate surface area is 62.9 Å². The van der Waals surface area contributed by atoms with Crippen molar-refractivity contribution >= 4 is 11.8 Å². The monoisotopic (exact) mass is 163 g/mol. The third-order valence-corrected chi connectivity index (χ3v) is 1.13. The summed E-state index contributed by atoms with van der Waals surface area (Å²) >= 11 is 0. The van der Waals surface area contributed by atoms with E-state index >= 15 is 0 Å². The van der Waals surface area contributed by atoms with Crippen LogP contribution in [0.2, 0.25) is 0 Å². The quantitative estimate of drug-likeness (QED) is 0.443. The molecule has 0 saturated carbocycles. The van der Waals surface area contributed by atoms with Gasteiger partial charge in [-0.05, 0) is 6.42 Å². The van der Waals surface area contributed by atoms with Crippen molar-refractivity contribution in [3.05, 3.63) is 0 Å². The second-order valence-electron chi connectivity index (χ2n) is 2.07. The Kier molecular flexibility index (Phi) is 4.12. The van der Waals surface area contributed by atoms with Crippen molar-refractivity contribution in [1.29, 1.82) is 0 Å². The molecular weight excluding hydrogens is 153 g/mol. The Morgan fingerprint density at radius 3 is 2.45 bits per heavy atom. The molecule has 0 aromatic heterocycles. The molecule has 2 amide bonds. The molecular formula is C5H10FN3O2. The van der Waals surface area contributed by atoms with Gasteiger partial charge in [0.05, 0.1) is 6.04 Å². The maximum atomic E-state index is 11.4. The van der Waals surface area contributed by atoms with Gasteiger partial charge in [-0.25, -0.2) is 0 Å². The average molecular weight is 163 g/mol. The van der Waals surface area contributed by atoms with E-state index in [-0.39, 0.29) is 12.8 Å². The number of carbonyl (C=O) groups excluding carboxylic acids is 2. The first-order valence-corrected chi connectivity index (χ1v) is 3.02. The minimum Gasteiger partial charge on any atom is -0.370 e. The molecule has 0 spiro atoms. The van der Waals surface area contributed by atoms with Crippen LogP contribution in [0.15, 0.2) is 0 Å². The molecule has 0 rings (SSSR count). The van der Waals surface area contributed by atoms with E-state index in [0.717, 1.165) is 5.54 Å². The van der Waals surface area contributed by atoms with E-state index in [1.165, 1.54) is 0 Å². The van der Waals surface area contributed by atoms with Gasteiger partial charge < -0.3 is 11.5 Å². The molecule has 0 bridgehead atoms. The van der Waals surface area contributed by atoms with Crippen molar-refractivity contribution in [2.45, 2.75) is 18.9 Å². The van der Waals surface area contributed by atoms with Crippen LogP contribution in [0, 0.1) is 0 Å². The van der Waals surface area contributed by atoms with Crippen LogP contribution in [0.25, 0.3) is 0 Å². The lowest BCUT2D eigenvalue weighted by molar-refractivity contribution is -0.126. The zero-order valence-corrected chi connectivity index (χ0v) is 5.84. The van der Waals surface area contributed by atoms with Crippen LogP contribution >= 0.6 is 0 Å². The SMILES string of the molecule is NC(=O)CCC(N)C(=O)NF. The first-order chi connectivity index (χ1) is 5.07. The molecule has 5 nitrogen and oxygen atoms in total. The zero-order valence-electron chi connectivity index (χ0n) is 5.84. The largest absolute Gasteiger partial charge is 0.370 e. The molecule has 0 aromatic carbocycles. The maximum Gasteiger partial charge on any atom is 0.264 e. The van der Waals surface area contributed by atoms with Crippen molar-refractivity contribution in [1.82, 2.24) is 5.54 Å². The number of rotatable bonds is 4. The summed E-state index contributed by atoms with van der Waals surface area (Å²) in [6, 6.07) is -1.01. The highest BCUT2D eigenvalue weighted by molar-refractivity contribution is 5.81. The van der Waals surface area contributed by atoms with Crippen LogP contribution in [0.4, 0.5) is 4.48 Å². The number of halogens is 1. The van der Waals surface area contributed by atoms with E-state index in [1.54, 1.807) is 0 Å². The highest BCUT2D eigenvalue weighted by atomic mass is 19.2. The van der Waals surface area contributed by atoms with Gasteiger partial charge >= 0.3 is 0 Å². The first kappa shape index (κ1) is 9.83. The lowest BCUT2D eigenvalue weighted by Gasteiger charge is -2.05. The predicted molar refractivity (Wildman–Crippen MR) is 35.7 cm³/mol. The van der Waals surface area contributed by atoms with Crippen molar-refractivity contribution in [2.75, 3.05) is 0 Å². The molecule has 0 radical (unpaired) electrons. The van der Waals surface area contributed by atoms with Gasteiger partial charge in [-0.2, -0.15) is 5.54 Å². The molecule has 0 aromatic rings. The minimum atomic E-state index is -1.01. The molecule has 5 N–H and O–H groups in total. The fourth-order valence-electron chi connectivity index (χ4n) is 0.499. The average Bonchev–Trinajstić information content (AvgIpc) is 1.98. The highest BCUT2D eigenvalue weighted by Gasteiger charge is 2.13. The molecule has 0 aliphatic heterocycles. The van der Waals surface area contributed by atoms with Crippen LogP contribution in [-0.2, 0) is 9.59 Å². The summed E-state index contributed by atoms with van der Waals surface area (Å²) in [7, 11) is 0. The Balaban J connectivity index is 3.60. The summed E-state index contributed by atoms with van der Waals surface area (Å²) in [5, 5.41) is 0. The summed E-state index contributed by atoms with van der Waals surface area (Å²) in [6.07, 6.45) is 0.0413. The van der Waals surface area contributed by atoms with Gasteiger partial charge in [0.2, 0.25) is 5.91 Å². The van der Waals surface area contributed by atoms with Crippen LogP contribution in [-0.4, -0.2) is 17.9 Å². The summed E-state index contributed by atoms with van der Waals surface area (Å²) < 4.78 is 11.4. The third-order valence-electron chi connectivity index (χ3n) is 1.13. The van der Waals surface area contributed by atoms with Crippen molar-refractivity contribution in [2.24, 2.45) is 11.5 Å². The first-order valence-electron chi connectivity index (χ1n) is 3.02. The Bertz CT molecular complexity index is 162. The Morgan fingerprint density at radius 2 is 2.09 bits per heavy atom. The van der Waals surface area contributed by atoms with E-state index in [9.17, 15) is 14.1 Å². The number of primary amides is 1. The Hall–Kier alpha value is -1.17. The van der Waals surface area contributed by atoms with Crippen molar-refractivity contribution < 1.29 is 14.1 Å². The van der Waals surface area contributed by atoms with Gasteiger partial charge in [0.1, 0.15) is 0 Å². The second kappa shape index (κ2) is 4.62. The number of hydrogen-bond donors (Lipinski definition) is 3. The van der Waals surface area contributed by atoms with Crippen molar-refractivity contribution in [3.8, 4) is 0 Å². The van der Waals surface area contributed by atoms with Gasteiger partial charge in [0.25, 0.3) is 5.91 Å². The van der Waals surface area contributed by atoms with Crippen LogP contribution in [0.1, 0.15) is 12.8 Å². The summed E-state index contributed by atoms with van der Waals surface area (Å²) in [5.41, 5.74) is 10.8. The van der Waals surface area contributed by atoms with Gasteiger partial charge in [0.15, 0.2) is 0 Å². The van der Waals surface area contributed by atoms with E-state index in [2.05, 4.69) is 0 Å². The molecule has 1 unspecified atom stereocenters. The summed E-state index contributed by atoms with van der Waals surface area (Å²) in [4.78, 5) is 20.5. The Morgan fingerprint density at radius 1 is 1.55 bits per heavy atom.